The van der Waals surface area contributed by atoms with Gasteiger partial charge in [-0.2, -0.15) is 0 Å². The van der Waals surface area contributed by atoms with E-state index in [2.05, 4.69) is 31.0 Å². The molecule has 0 amide bonds. The Morgan fingerprint density at radius 1 is 1.48 bits per heavy atom. The molecule has 0 saturated heterocycles. The van der Waals surface area contributed by atoms with E-state index in [4.69, 9.17) is 4.74 Å². The van der Waals surface area contributed by atoms with Crippen LogP contribution in [0.4, 0.5) is 5.69 Å². The molecule has 118 valence electrons. The molecule has 1 aliphatic carbocycles. The third-order valence-electron chi connectivity index (χ3n) is 2.93. The molecule has 0 bridgehead atoms. The van der Waals surface area contributed by atoms with Gasteiger partial charge in [0.2, 0.25) is 15.9 Å². The summed E-state index contributed by atoms with van der Waals surface area (Å²) in [6.07, 6.45) is 3.01. The van der Waals surface area contributed by atoms with Gasteiger partial charge in [0.05, 0.1) is 5.25 Å². The van der Waals surface area contributed by atoms with Crippen LogP contribution in [0.25, 0.3) is 0 Å². The van der Waals surface area contributed by atoms with Gasteiger partial charge < -0.3 is 10.1 Å². The van der Waals surface area contributed by atoms with Crippen LogP contribution in [0.3, 0.4) is 0 Å². The van der Waals surface area contributed by atoms with Crippen molar-refractivity contribution in [1.82, 2.24) is 10.3 Å². The molecule has 1 heterocycles. The lowest BCUT2D eigenvalue weighted by Gasteiger charge is -2.13. The highest BCUT2D eigenvalue weighted by atomic mass is 79.9. The van der Waals surface area contributed by atoms with Crippen LogP contribution in [-0.4, -0.2) is 37.8 Å². The molecule has 0 spiro atoms. The van der Waals surface area contributed by atoms with E-state index < -0.39 is 10.0 Å². The van der Waals surface area contributed by atoms with Gasteiger partial charge in [-0.15, -0.1) is 0 Å². The quantitative estimate of drug-likeness (QED) is 0.678. The molecule has 0 aliphatic heterocycles. The molecule has 0 aromatic carbocycles. The highest BCUT2D eigenvalue weighted by Gasteiger charge is 2.36. The Bertz CT molecular complexity index is 588. The first kappa shape index (κ1) is 16.5. The van der Waals surface area contributed by atoms with Crippen molar-refractivity contribution in [3.63, 3.8) is 0 Å². The summed E-state index contributed by atoms with van der Waals surface area (Å²) >= 11 is 3.29. The first-order valence-corrected chi connectivity index (χ1v) is 9.26. The second-order valence-electron chi connectivity index (χ2n) is 5.31. The number of nitrogens with zero attached hydrogens (tertiary/aromatic N) is 1. The van der Waals surface area contributed by atoms with Gasteiger partial charge in [0.15, 0.2) is 0 Å². The molecule has 1 saturated carbocycles. The third kappa shape index (κ3) is 5.12. The van der Waals surface area contributed by atoms with Crippen molar-refractivity contribution in [3.05, 3.63) is 16.7 Å². The van der Waals surface area contributed by atoms with Crippen LogP contribution in [0.15, 0.2) is 16.7 Å². The smallest absolute Gasteiger partial charge is 0.238 e. The highest BCUT2D eigenvalue weighted by molar-refractivity contribution is 9.10. The Labute approximate surface area is 133 Å². The SMILES string of the molecule is CC(C)NCCOc1ncc(Br)cc1NS(=O)(=O)C1CC1. The molecule has 0 unspecified atom stereocenters. The topological polar surface area (TPSA) is 80.3 Å². The number of nitrogens with one attached hydrogen (secondary N) is 2. The number of rotatable bonds is 8. The zero-order valence-corrected chi connectivity index (χ0v) is 14.5. The monoisotopic (exact) mass is 377 g/mol. The number of sulfonamides is 1. The summed E-state index contributed by atoms with van der Waals surface area (Å²) < 4.78 is 32.9. The Morgan fingerprint density at radius 3 is 2.81 bits per heavy atom. The Hall–Kier alpha value is -0.860. The minimum atomic E-state index is -3.33. The molecular formula is C13H20BrN3O3S. The second-order valence-corrected chi connectivity index (χ2v) is 8.19. The van der Waals surface area contributed by atoms with Gasteiger partial charge in [0, 0.05) is 23.3 Å². The van der Waals surface area contributed by atoms with E-state index in [9.17, 15) is 8.42 Å². The van der Waals surface area contributed by atoms with Crippen molar-refractivity contribution in [2.24, 2.45) is 0 Å². The van der Waals surface area contributed by atoms with Crippen molar-refractivity contribution < 1.29 is 13.2 Å². The van der Waals surface area contributed by atoms with Gasteiger partial charge in [0.1, 0.15) is 12.3 Å². The van der Waals surface area contributed by atoms with Gasteiger partial charge in [-0.3, -0.25) is 4.72 Å². The van der Waals surface area contributed by atoms with E-state index in [1.165, 1.54) is 0 Å². The van der Waals surface area contributed by atoms with E-state index in [-0.39, 0.29) is 5.25 Å². The molecule has 1 aromatic heterocycles. The van der Waals surface area contributed by atoms with Crippen molar-refractivity contribution in [3.8, 4) is 5.88 Å². The largest absolute Gasteiger partial charge is 0.475 e. The fourth-order valence-electron chi connectivity index (χ4n) is 1.73. The number of halogens is 1. The summed E-state index contributed by atoms with van der Waals surface area (Å²) in [5, 5.41) is 2.94. The Balaban J connectivity index is 2.03. The maximum Gasteiger partial charge on any atom is 0.238 e. The minimum Gasteiger partial charge on any atom is -0.475 e. The standard InChI is InChI=1S/C13H20BrN3O3S/c1-9(2)15-5-6-20-13-12(7-10(14)8-16-13)17-21(18,19)11-3-4-11/h7-9,11,15,17H,3-6H2,1-2H3. The summed E-state index contributed by atoms with van der Waals surface area (Å²) in [5.41, 5.74) is 0.376. The molecule has 1 aromatic rings. The van der Waals surface area contributed by atoms with E-state index in [0.29, 0.717) is 48.1 Å². The maximum atomic E-state index is 12.0. The number of aromatic nitrogens is 1. The number of hydrogen-bond donors (Lipinski definition) is 2. The maximum absolute atomic E-state index is 12.0. The van der Waals surface area contributed by atoms with E-state index in [0.717, 1.165) is 0 Å². The lowest BCUT2D eigenvalue weighted by atomic mass is 10.4. The summed E-state index contributed by atoms with van der Waals surface area (Å²) in [6.45, 7) is 5.19. The number of ether oxygens (including phenoxy) is 1. The van der Waals surface area contributed by atoms with Crippen LogP contribution in [0.2, 0.25) is 0 Å². The van der Waals surface area contributed by atoms with Gasteiger partial charge in [-0.25, -0.2) is 13.4 Å². The fourth-order valence-corrected chi connectivity index (χ4v) is 3.43. The first-order chi connectivity index (χ1) is 9.88. The second kappa shape index (κ2) is 6.93. The van der Waals surface area contributed by atoms with Crippen LogP contribution in [0.5, 0.6) is 5.88 Å². The summed E-state index contributed by atoms with van der Waals surface area (Å²) in [7, 11) is -3.33. The molecule has 8 heteroatoms. The average Bonchev–Trinajstić information content (AvgIpc) is 3.20. The van der Waals surface area contributed by atoms with Crippen molar-refractivity contribution >= 4 is 31.6 Å². The number of hydrogen-bond acceptors (Lipinski definition) is 5. The molecule has 0 radical (unpaired) electrons. The lowest BCUT2D eigenvalue weighted by Crippen LogP contribution is -2.28. The van der Waals surface area contributed by atoms with Crippen molar-refractivity contribution in [2.45, 2.75) is 38.0 Å². The minimum absolute atomic E-state index is 0.285. The molecule has 2 rings (SSSR count). The third-order valence-corrected chi connectivity index (χ3v) is 5.21. The normalized spacial score (nSPS) is 15.2. The molecular weight excluding hydrogens is 358 g/mol. The van der Waals surface area contributed by atoms with Gasteiger partial charge >= 0.3 is 0 Å². The summed E-state index contributed by atoms with van der Waals surface area (Å²) in [5.74, 6) is 0.299. The summed E-state index contributed by atoms with van der Waals surface area (Å²) in [4.78, 5) is 4.13. The molecule has 1 fully saturated rings. The fraction of sp³-hybridized carbons (Fsp3) is 0.615. The van der Waals surface area contributed by atoms with Crippen molar-refractivity contribution in [1.29, 1.82) is 0 Å². The van der Waals surface area contributed by atoms with E-state index in [1.54, 1.807) is 12.3 Å². The lowest BCUT2D eigenvalue weighted by molar-refractivity contribution is 0.299. The van der Waals surface area contributed by atoms with Crippen LogP contribution >= 0.6 is 15.9 Å². The Morgan fingerprint density at radius 2 is 2.19 bits per heavy atom. The highest BCUT2D eigenvalue weighted by Crippen LogP contribution is 2.33. The van der Waals surface area contributed by atoms with Crippen LogP contribution in [0.1, 0.15) is 26.7 Å². The van der Waals surface area contributed by atoms with E-state index >= 15 is 0 Å². The van der Waals surface area contributed by atoms with Gasteiger partial charge in [0.25, 0.3) is 0 Å². The number of pyridine rings is 1. The zero-order chi connectivity index (χ0) is 15.5. The zero-order valence-electron chi connectivity index (χ0n) is 12.1. The molecule has 21 heavy (non-hydrogen) atoms. The van der Waals surface area contributed by atoms with Crippen LogP contribution in [-0.2, 0) is 10.0 Å². The first-order valence-electron chi connectivity index (χ1n) is 6.92. The average molecular weight is 378 g/mol. The predicted molar refractivity (Wildman–Crippen MR) is 86.1 cm³/mol. The molecule has 1 aliphatic rings. The van der Waals surface area contributed by atoms with Crippen molar-refractivity contribution in [2.75, 3.05) is 17.9 Å². The van der Waals surface area contributed by atoms with Crippen LogP contribution in [0, 0.1) is 0 Å². The molecule has 6 nitrogen and oxygen atoms in total. The number of anilines is 1. The van der Waals surface area contributed by atoms with Crippen LogP contribution < -0.4 is 14.8 Å². The Kier molecular flexibility index (Phi) is 5.45. The van der Waals surface area contributed by atoms with E-state index in [1.807, 2.05) is 13.8 Å². The molecule has 0 atom stereocenters. The predicted octanol–water partition coefficient (Wildman–Crippen LogP) is 2.12. The summed E-state index contributed by atoms with van der Waals surface area (Å²) in [6, 6.07) is 2.04. The van der Waals surface area contributed by atoms with Gasteiger partial charge in [-0.05, 0) is 34.8 Å². The van der Waals surface area contributed by atoms with Gasteiger partial charge in [-0.1, -0.05) is 13.8 Å². The molecule has 2 N–H and O–H groups in total.